The number of carbonyl (C=O) groups excluding carboxylic acids is 1. The van der Waals surface area contributed by atoms with E-state index in [4.69, 9.17) is 9.84 Å². The number of amides is 1. The highest BCUT2D eigenvalue weighted by atomic mass is 16.5. The van der Waals surface area contributed by atoms with E-state index in [1.807, 2.05) is 6.07 Å². The summed E-state index contributed by atoms with van der Waals surface area (Å²) in [6, 6.07) is 1.90. The van der Waals surface area contributed by atoms with Crippen molar-refractivity contribution in [2.24, 2.45) is 0 Å². The molecule has 1 fully saturated rings. The summed E-state index contributed by atoms with van der Waals surface area (Å²) in [5.41, 5.74) is 0.322. The average molecular weight is 292 g/mol. The molecule has 2 rings (SSSR count). The average Bonchev–Trinajstić information content (AvgIpc) is 2.91. The lowest BCUT2D eigenvalue weighted by atomic mass is 10.1. The number of nitriles is 1. The SMILES string of the molecule is CCOC(=O)c1cnn(C2CCN(C(=O)O)CC2)c1C#N. The maximum absolute atomic E-state index is 11.7. The number of hydrogen-bond donors (Lipinski definition) is 1. The predicted molar refractivity (Wildman–Crippen MR) is 70.8 cm³/mol. The number of ether oxygens (including phenoxy) is 1. The number of rotatable bonds is 3. The lowest BCUT2D eigenvalue weighted by molar-refractivity contribution is 0.0525. The molecule has 0 aromatic carbocycles. The molecule has 21 heavy (non-hydrogen) atoms. The van der Waals surface area contributed by atoms with Crippen LogP contribution in [0.2, 0.25) is 0 Å². The van der Waals surface area contributed by atoms with Crippen LogP contribution < -0.4 is 0 Å². The molecular formula is C13H16N4O4. The van der Waals surface area contributed by atoms with Crippen LogP contribution in [0.15, 0.2) is 6.20 Å². The summed E-state index contributed by atoms with van der Waals surface area (Å²) in [7, 11) is 0. The van der Waals surface area contributed by atoms with E-state index in [2.05, 4.69) is 5.10 Å². The van der Waals surface area contributed by atoms with Gasteiger partial charge in [-0.05, 0) is 19.8 Å². The van der Waals surface area contributed by atoms with Crippen LogP contribution >= 0.6 is 0 Å². The summed E-state index contributed by atoms with van der Waals surface area (Å²) < 4.78 is 6.40. The molecule has 2 heterocycles. The van der Waals surface area contributed by atoms with E-state index >= 15 is 0 Å². The highest BCUT2D eigenvalue weighted by Crippen LogP contribution is 2.24. The molecule has 0 saturated carbocycles. The van der Waals surface area contributed by atoms with Crippen LogP contribution in [0.1, 0.15) is 41.9 Å². The number of nitrogens with zero attached hydrogens (tertiary/aromatic N) is 4. The molecule has 0 bridgehead atoms. The van der Waals surface area contributed by atoms with Gasteiger partial charge in [0, 0.05) is 13.1 Å². The number of aromatic nitrogens is 2. The maximum Gasteiger partial charge on any atom is 0.407 e. The van der Waals surface area contributed by atoms with Crippen molar-refractivity contribution in [1.29, 1.82) is 5.26 Å². The molecule has 0 unspecified atom stereocenters. The van der Waals surface area contributed by atoms with Gasteiger partial charge in [-0.15, -0.1) is 0 Å². The van der Waals surface area contributed by atoms with Crippen LogP contribution in [-0.2, 0) is 4.74 Å². The van der Waals surface area contributed by atoms with Gasteiger partial charge < -0.3 is 14.7 Å². The Morgan fingerprint density at radius 1 is 1.52 bits per heavy atom. The third-order valence-electron chi connectivity index (χ3n) is 3.48. The lowest BCUT2D eigenvalue weighted by Crippen LogP contribution is -2.38. The van der Waals surface area contributed by atoms with Gasteiger partial charge >= 0.3 is 12.1 Å². The normalized spacial score (nSPS) is 15.5. The Hall–Kier alpha value is -2.56. The highest BCUT2D eigenvalue weighted by Gasteiger charge is 2.28. The summed E-state index contributed by atoms with van der Waals surface area (Å²) in [5, 5.41) is 22.3. The first-order valence-electron chi connectivity index (χ1n) is 6.71. The zero-order valence-corrected chi connectivity index (χ0v) is 11.7. The van der Waals surface area contributed by atoms with Crippen molar-refractivity contribution in [3.8, 4) is 6.07 Å². The Labute approximate surface area is 121 Å². The van der Waals surface area contributed by atoms with Crippen LogP contribution in [0.4, 0.5) is 4.79 Å². The quantitative estimate of drug-likeness (QED) is 0.840. The molecule has 0 aliphatic carbocycles. The fourth-order valence-electron chi connectivity index (χ4n) is 2.41. The Morgan fingerprint density at radius 2 is 2.19 bits per heavy atom. The number of carbonyl (C=O) groups is 2. The summed E-state index contributed by atoms with van der Waals surface area (Å²) >= 11 is 0. The molecule has 1 aliphatic heterocycles. The second kappa shape index (κ2) is 6.26. The van der Waals surface area contributed by atoms with Crippen molar-refractivity contribution >= 4 is 12.1 Å². The molecule has 1 aromatic rings. The summed E-state index contributed by atoms with van der Waals surface area (Å²) in [4.78, 5) is 24.0. The van der Waals surface area contributed by atoms with Gasteiger partial charge in [-0.3, -0.25) is 4.68 Å². The number of esters is 1. The zero-order chi connectivity index (χ0) is 15.4. The second-order valence-electron chi connectivity index (χ2n) is 4.68. The van der Waals surface area contributed by atoms with E-state index in [0.717, 1.165) is 0 Å². The van der Waals surface area contributed by atoms with Crippen molar-refractivity contribution in [3.05, 3.63) is 17.5 Å². The first-order chi connectivity index (χ1) is 10.1. The Balaban J connectivity index is 2.17. The standard InChI is InChI=1S/C13H16N4O4/c1-2-21-12(18)10-8-15-17(11(10)7-14)9-3-5-16(6-4-9)13(19)20/h8-9H,2-6H2,1H3,(H,19,20). The van der Waals surface area contributed by atoms with E-state index in [1.165, 1.54) is 15.8 Å². The van der Waals surface area contributed by atoms with Crippen LogP contribution in [0.3, 0.4) is 0 Å². The highest BCUT2D eigenvalue weighted by molar-refractivity contribution is 5.91. The van der Waals surface area contributed by atoms with E-state index in [9.17, 15) is 14.9 Å². The van der Waals surface area contributed by atoms with Crippen LogP contribution in [-0.4, -0.2) is 51.5 Å². The summed E-state index contributed by atoms with van der Waals surface area (Å²) in [6.07, 6.45) is 1.51. The van der Waals surface area contributed by atoms with Crippen LogP contribution in [0.5, 0.6) is 0 Å². The van der Waals surface area contributed by atoms with Gasteiger partial charge in [0.05, 0.1) is 18.8 Å². The topological polar surface area (TPSA) is 108 Å². The Morgan fingerprint density at radius 3 is 2.71 bits per heavy atom. The summed E-state index contributed by atoms with van der Waals surface area (Å²) in [5.74, 6) is -0.566. The third kappa shape index (κ3) is 2.97. The molecule has 8 nitrogen and oxygen atoms in total. The first-order valence-corrected chi connectivity index (χ1v) is 6.71. The molecule has 8 heteroatoms. The van der Waals surface area contributed by atoms with Crippen LogP contribution in [0, 0.1) is 11.3 Å². The molecule has 1 amide bonds. The minimum absolute atomic E-state index is 0.0848. The molecular weight excluding hydrogens is 276 g/mol. The molecule has 0 spiro atoms. The number of hydrogen-bond acceptors (Lipinski definition) is 5. The molecule has 0 radical (unpaired) electrons. The fraction of sp³-hybridized carbons (Fsp3) is 0.538. The molecule has 1 aromatic heterocycles. The Bertz CT molecular complexity index is 581. The smallest absolute Gasteiger partial charge is 0.407 e. The van der Waals surface area contributed by atoms with Crippen molar-refractivity contribution in [3.63, 3.8) is 0 Å². The molecule has 1 aliphatic rings. The zero-order valence-electron chi connectivity index (χ0n) is 11.7. The van der Waals surface area contributed by atoms with E-state index in [-0.39, 0.29) is 23.9 Å². The van der Waals surface area contributed by atoms with Gasteiger partial charge in [-0.2, -0.15) is 10.4 Å². The monoisotopic (exact) mass is 292 g/mol. The second-order valence-corrected chi connectivity index (χ2v) is 4.68. The number of piperidine rings is 1. The van der Waals surface area contributed by atoms with Gasteiger partial charge in [0.2, 0.25) is 0 Å². The van der Waals surface area contributed by atoms with Crippen molar-refractivity contribution in [2.75, 3.05) is 19.7 Å². The van der Waals surface area contributed by atoms with Gasteiger partial charge in [0.1, 0.15) is 11.6 Å². The minimum atomic E-state index is -0.943. The van der Waals surface area contributed by atoms with Crippen molar-refractivity contribution in [1.82, 2.24) is 14.7 Å². The molecule has 1 N–H and O–H groups in total. The Kier molecular flexibility index (Phi) is 4.42. The van der Waals surface area contributed by atoms with E-state index < -0.39 is 12.1 Å². The predicted octanol–water partition coefficient (Wildman–Crippen LogP) is 1.25. The van der Waals surface area contributed by atoms with Crippen LogP contribution in [0.25, 0.3) is 0 Å². The first kappa shape index (κ1) is 14.8. The van der Waals surface area contributed by atoms with Gasteiger partial charge in [0.15, 0.2) is 5.69 Å². The van der Waals surface area contributed by atoms with E-state index in [1.54, 1.807) is 6.92 Å². The lowest BCUT2D eigenvalue weighted by Gasteiger charge is -2.30. The number of carboxylic acid groups (broad SMARTS) is 1. The summed E-state index contributed by atoms with van der Waals surface area (Å²) in [6.45, 7) is 2.70. The van der Waals surface area contributed by atoms with Crippen molar-refractivity contribution in [2.45, 2.75) is 25.8 Å². The van der Waals surface area contributed by atoms with Gasteiger partial charge in [-0.1, -0.05) is 0 Å². The minimum Gasteiger partial charge on any atom is -0.465 e. The molecule has 0 atom stereocenters. The van der Waals surface area contributed by atoms with Gasteiger partial charge in [0.25, 0.3) is 0 Å². The largest absolute Gasteiger partial charge is 0.465 e. The number of likely N-dealkylation sites (tertiary alicyclic amines) is 1. The van der Waals surface area contributed by atoms with Crippen molar-refractivity contribution < 1.29 is 19.4 Å². The van der Waals surface area contributed by atoms with E-state index in [0.29, 0.717) is 25.9 Å². The third-order valence-corrected chi connectivity index (χ3v) is 3.48. The molecule has 112 valence electrons. The molecule has 1 saturated heterocycles. The fourth-order valence-corrected chi connectivity index (χ4v) is 2.41. The van der Waals surface area contributed by atoms with Gasteiger partial charge in [-0.25, -0.2) is 9.59 Å². The maximum atomic E-state index is 11.7.